The minimum atomic E-state index is -0.777. The van der Waals surface area contributed by atoms with E-state index in [0.29, 0.717) is 21.9 Å². The van der Waals surface area contributed by atoms with Crippen LogP contribution in [-0.4, -0.2) is 34.4 Å². The van der Waals surface area contributed by atoms with Crippen LogP contribution in [0.2, 0.25) is 5.02 Å². The molecule has 0 bridgehead atoms. The van der Waals surface area contributed by atoms with Gasteiger partial charge in [-0.1, -0.05) is 47.5 Å². The Kier molecular flexibility index (Phi) is 9.06. The first kappa shape index (κ1) is 28.6. The van der Waals surface area contributed by atoms with Crippen LogP contribution in [0.5, 0.6) is 11.5 Å². The van der Waals surface area contributed by atoms with Gasteiger partial charge < -0.3 is 29.8 Å². The minimum absolute atomic E-state index is 0.0445. The first-order chi connectivity index (χ1) is 17.9. The number of carbonyl (C=O) groups excluding carboxylic acids is 2. The number of hydrogen-bond acceptors (Lipinski definition) is 6. The van der Waals surface area contributed by atoms with E-state index in [4.69, 9.17) is 21.1 Å². The number of aromatic hydroxyl groups is 1. The molecule has 0 unspecified atom stereocenters. The van der Waals surface area contributed by atoms with Crippen LogP contribution in [0.3, 0.4) is 0 Å². The SMILES string of the molecule is COc1cccc(Cl)c1Cn1ccc(O)c(NC(=O)N[C@@H](CC(=O)OC(C)(C)C)c2cccc(C)c2)c1=O. The summed E-state index contributed by atoms with van der Waals surface area (Å²) in [5, 5.41) is 15.9. The molecule has 0 fully saturated rings. The third-order valence-electron chi connectivity index (χ3n) is 5.55. The lowest BCUT2D eigenvalue weighted by Gasteiger charge is -2.23. The van der Waals surface area contributed by atoms with Crippen molar-refractivity contribution < 1.29 is 24.2 Å². The Balaban J connectivity index is 1.85. The van der Waals surface area contributed by atoms with Gasteiger partial charge in [0, 0.05) is 16.8 Å². The van der Waals surface area contributed by atoms with E-state index in [1.54, 1.807) is 45.0 Å². The van der Waals surface area contributed by atoms with Crippen LogP contribution < -0.4 is 20.9 Å². The van der Waals surface area contributed by atoms with Gasteiger partial charge in [0.25, 0.3) is 5.56 Å². The van der Waals surface area contributed by atoms with Crippen molar-refractivity contribution in [2.24, 2.45) is 0 Å². The van der Waals surface area contributed by atoms with Crippen LogP contribution in [0.4, 0.5) is 10.5 Å². The van der Waals surface area contributed by atoms with E-state index in [1.807, 2.05) is 25.1 Å². The van der Waals surface area contributed by atoms with E-state index in [-0.39, 0.29) is 18.7 Å². The smallest absolute Gasteiger partial charge is 0.319 e. The van der Waals surface area contributed by atoms with Gasteiger partial charge in [0.2, 0.25) is 0 Å². The summed E-state index contributed by atoms with van der Waals surface area (Å²) in [5.41, 5.74) is 0.528. The minimum Gasteiger partial charge on any atom is -0.505 e. The second kappa shape index (κ2) is 12.0. The van der Waals surface area contributed by atoms with E-state index in [9.17, 15) is 19.5 Å². The molecule has 0 aliphatic heterocycles. The standard InChI is InChI=1S/C28H32ClN3O6/c1-17-8-6-9-18(14-17)21(15-24(34)38-28(2,3)4)30-27(36)31-25-22(33)12-13-32(26(25)35)16-19-20(29)10-7-11-23(19)37-5/h6-14,21,33H,15-16H2,1-5H3,(H2,30,31,36)/t21-/m0/s1. The number of carbonyl (C=O) groups is 2. The van der Waals surface area contributed by atoms with Crippen molar-refractivity contribution in [2.75, 3.05) is 12.4 Å². The fourth-order valence-corrected chi connectivity index (χ4v) is 4.08. The maximum Gasteiger partial charge on any atom is 0.319 e. The van der Waals surface area contributed by atoms with Gasteiger partial charge in [-0.15, -0.1) is 0 Å². The summed E-state index contributed by atoms with van der Waals surface area (Å²) in [7, 11) is 1.49. The Morgan fingerprint density at radius 2 is 1.84 bits per heavy atom. The highest BCUT2D eigenvalue weighted by molar-refractivity contribution is 6.31. The molecule has 38 heavy (non-hydrogen) atoms. The zero-order chi connectivity index (χ0) is 28.0. The summed E-state index contributed by atoms with van der Waals surface area (Å²) in [6, 6.07) is 12.2. The summed E-state index contributed by atoms with van der Waals surface area (Å²) in [6.45, 7) is 7.21. The van der Waals surface area contributed by atoms with Gasteiger partial charge in [-0.05, 0) is 51.5 Å². The number of nitrogens with zero attached hydrogens (tertiary/aromatic N) is 1. The Morgan fingerprint density at radius 1 is 1.13 bits per heavy atom. The number of benzene rings is 2. The fraction of sp³-hybridized carbons (Fsp3) is 0.321. The molecule has 0 saturated carbocycles. The predicted octanol–water partition coefficient (Wildman–Crippen LogP) is 5.17. The molecular weight excluding hydrogens is 510 g/mol. The monoisotopic (exact) mass is 541 g/mol. The van der Waals surface area contributed by atoms with E-state index in [2.05, 4.69) is 10.6 Å². The van der Waals surface area contributed by atoms with E-state index >= 15 is 0 Å². The zero-order valence-electron chi connectivity index (χ0n) is 22.0. The molecule has 2 aromatic carbocycles. The number of hydrogen-bond donors (Lipinski definition) is 3. The van der Waals surface area contributed by atoms with E-state index < -0.39 is 35.0 Å². The Bertz CT molecular complexity index is 1380. The number of amides is 2. The zero-order valence-corrected chi connectivity index (χ0v) is 22.8. The molecule has 1 aromatic heterocycles. The van der Waals surface area contributed by atoms with Gasteiger partial charge in [0.05, 0.1) is 26.1 Å². The number of nitrogens with one attached hydrogen (secondary N) is 2. The average Bonchev–Trinajstić information content (AvgIpc) is 2.83. The Morgan fingerprint density at radius 3 is 2.50 bits per heavy atom. The first-order valence-corrected chi connectivity index (χ1v) is 12.4. The number of esters is 1. The molecule has 0 radical (unpaired) electrons. The molecule has 2 amide bonds. The number of halogens is 1. The Hall–Kier alpha value is -3.98. The lowest BCUT2D eigenvalue weighted by molar-refractivity contribution is -0.155. The maximum absolute atomic E-state index is 13.2. The van der Waals surface area contributed by atoms with Crippen molar-refractivity contribution in [3.63, 3.8) is 0 Å². The second-order valence-corrected chi connectivity index (χ2v) is 10.2. The number of ether oxygens (including phenoxy) is 2. The second-order valence-electron chi connectivity index (χ2n) is 9.79. The van der Waals surface area contributed by atoms with Gasteiger partial charge in [-0.2, -0.15) is 0 Å². The van der Waals surface area contributed by atoms with Gasteiger partial charge in [-0.3, -0.25) is 9.59 Å². The summed E-state index contributed by atoms with van der Waals surface area (Å²) in [6.07, 6.45) is 1.26. The fourth-order valence-electron chi connectivity index (χ4n) is 3.86. The normalized spacial score (nSPS) is 11.9. The lowest BCUT2D eigenvalue weighted by Crippen LogP contribution is -2.37. The molecule has 0 saturated heterocycles. The van der Waals surface area contributed by atoms with Crippen molar-refractivity contribution in [2.45, 2.75) is 52.3 Å². The summed E-state index contributed by atoms with van der Waals surface area (Å²) in [4.78, 5) is 38.7. The first-order valence-electron chi connectivity index (χ1n) is 12.0. The van der Waals surface area contributed by atoms with Gasteiger partial charge in [0.1, 0.15) is 17.1 Å². The number of rotatable bonds is 8. The van der Waals surface area contributed by atoms with Crippen molar-refractivity contribution in [3.05, 3.63) is 86.8 Å². The van der Waals surface area contributed by atoms with E-state index in [1.165, 1.54) is 23.9 Å². The Labute approximate surface area is 226 Å². The van der Waals surface area contributed by atoms with E-state index in [0.717, 1.165) is 5.56 Å². The third-order valence-corrected chi connectivity index (χ3v) is 5.90. The van der Waals surface area contributed by atoms with Gasteiger partial charge >= 0.3 is 12.0 Å². The summed E-state index contributed by atoms with van der Waals surface area (Å²) in [5.74, 6) is -0.414. The van der Waals surface area contributed by atoms with Crippen LogP contribution in [-0.2, 0) is 16.1 Å². The maximum atomic E-state index is 13.2. The molecule has 3 N–H and O–H groups in total. The highest BCUT2D eigenvalue weighted by Gasteiger charge is 2.24. The van der Waals surface area contributed by atoms with Crippen molar-refractivity contribution in [3.8, 4) is 11.5 Å². The highest BCUT2D eigenvalue weighted by atomic mass is 35.5. The van der Waals surface area contributed by atoms with Crippen LogP contribution in [0.1, 0.15) is 49.9 Å². The molecule has 1 heterocycles. The number of pyridine rings is 1. The van der Waals surface area contributed by atoms with Crippen LogP contribution in [0, 0.1) is 6.92 Å². The molecule has 3 rings (SSSR count). The third kappa shape index (κ3) is 7.52. The largest absolute Gasteiger partial charge is 0.505 e. The average molecular weight is 542 g/mol. The van der Waals surface area contributed by atoms with Crippen molar-refractivity contribution in [1.82, 2.24) is 9.88 Å². The number of methoxy groups -OCH3 is 1. The van der Waals surface area contributed by atoms with Gasteiger partial charge in [-0.25, -0.2) is 4.79 Å². The quantitative estimate of drug-likeness (QED) is 0.339. The molecule has 202 valence electrons. The number of aryl methyl sites for hydroxylation is 1. The molecule has 1 atom stereocenters. The topological polar surface area (TPSA) is 119 Å². The lowest BCUT2D eigenvalue weighted by atomic mass is 10.0. The summed E-state index contributed by atoms with van der Waals surface area (Å²) < 4.78 is 12.1. The van der Waals surface area contributed by atoms with Crippen LogP contribution in [0.25, 0.3) is 0 Å². The highest BCUT2D eigenvalue weighted by Crippen LogP contribution is 2.28. The molecule has 0 aliphatic rings. The molecule has 0 aliphatic carbocycles. The summed E-state index contributed by atoms with van der Waals surface area (Å²) >= 11 is 6.31. The molecule has 3 aromatic rings. The number of anilines is 1. The molecule has 0 spiro atoms. The van der Waals surface area contributed by atoms with Crippen molar-refractivity contribution in [1.29, 1.82) is 0 Å². The molecule has 9 nitrogen and oxygen atoms in total. The van der Waals surface area contributed by atoms with Crippen LogP contribution >= 0.6 is 11.6 Å². The molecular formula is C28H32ClN3O6. The predicted molar refractivity (Wildman–Crippen MR) is 146 cm³/mol. The number of urea groups is 1. The van der Waals surface area contributed by atoms with Crippen LogP contribution in [0.15, 0.2) is 59.5 Å². The van der Waals surface area contributed by atoms with Gasteiger partial charge in [0.15, 0.2) is 5.69 Å². The number of aromatic nitrogens is 1. The van der Waals surface area contributed by atoms with Crippen molar-refractivity contribution >= 4 is 29.3 Å². The molecule has 10 heteroatoms.